The molecule has 1 atom stereocenters. The fourth-order valence-electron chi connectivity index (χ4n) is 3.60. The number of hydrogen-bond acceptors (Lipinski definition) is 5. The number of aromatic nitrogens is 2. The van der Waals surface area contributed by atoms with Crippen LogP contribution in [0.25, 0.3) is 10.9 Å². The van der Waals surface area contributed by atoms with E-state index in [0.29, 0.717) is 49.1 Å². The molecule has 1 aromatic heterocycles. The molecule has 1 aliphatic rings. The van der Waals surface area contributed by atoms with Gasteiger partial charge in [-0.1, -0.05) is 12.1 Å². The number of piperidine rings is 1. The van der Waals surface area contributed by atoms with Crippen molar-refractivity contribution in [2.24, 2.45) is 5.92 Å². The molecule has 0 bridgehead atoms. The van der Waals surface area contributed by atoms with Gasteiger partial charge >= 0.3 is 5.97 Å². The number of likely N-dealkylation sites (tertiary alicyclic amines) is 1. The van der Waals surface area contributed by atoms with Crippen LogP contribution in [0.15, 0.2) is 29.1 Å². The molecule has 3 rings (SSSR count). The molecule has 1 aliphatic heterocycles. The minimum Gasteiger partial charge on any atom is -0.460 e. The zero-order chi connectivity index (χ0) is 21.0. The zero-order valence-corrected chi connectivity index (χ0v) is 17.4. The summed E-state index contributed by atoms with van der Waals surface area (Å²) in [5.41, 5.74) is -0.0189. The van der Waals surface area contributed by atoms with Gasteiger partial charge in [-0.25, -0.2) is 4.98 Å². The topological polar surface area (TPSA) is 92.4 Å². The van der Waals surface area contributed by atoms with Crippen LogP contribution in [-0.2, 0) is 20.7 Å². The summed E-state index contributed by atoms with van der Waals surface area (Å²) >= 11 is 0. The maximum Gasteiger partial charge on any atom is 0.311 e. The normalized spacial score (nSPS) is 17.3. The van der Waals surface area contributed by atoms with Crippen molar-refractivity contribution >= 4 is 22.8 Å². The van der Waals surface area contributed by atoms with E-state index in [0.717, 1.165) is 12.8 Å². The van der Waals surface area contributed by atoms with E-state index in [1.807, 2.05) is 32.9 Å². The van der Waals surface area contributed by atoms with Gasteiger partial charge in [-0.2, -0.15) is 0 Å². The van der Waals surface area contributed by atoms with E-state index in [-0.39, 0.29) is 23.4 Å². The number of H-pyrrole nitrogens is 1. The van der Waals surface area contributed by atoms with Crippen molar-refractivity contribution in [3.8, 4) is 0 Å². The number of rotatable bonds is 5. The molecule has 7 heteroatoms. The van der Waals surface area contributed by atoms with Crippen LogP contribution in [0.3, 0.4) is 0 Å². The number of carbonyl (C=O) groups is 2. The van der Waals surface area contributed by atoms with Crippen LogP contribution >= 0.6 is 0 Å². The van der Waals surface area contributed by atoms with E-state index >= 15 is 0 Å². The Balaban J connectivity index is 1.53. The highest BCUT2D eigenvalue weighted by molar-refractivity contribution is 5.79. The highest BCUT2D eigenvalue weighted by Crippen LogP contribution is 2.21. The van der Waals surface area contributed by atoms with Crippen molar-refractivity contribution < 1.29 is 14.3 Å². The van der Waals surface area contributed by atoms with Crippen LogP contribution in [0.4, 0.5) is 0 Å². The summed E-state index contributed by atoms with van der Waals surface area (Å²) in [6.45, 7) is 6.63. The molecule has 2 heterocycles. The summed E-state index contributed by atoms with van der Waals surface area (Å²) in [5, 5.41) is 0.564. The van der Waals surface area contributed by atoms with Gasteiger partial charge in [-0.05, 0) is 52.2 Å². The van der Waals surface area contributed by atoms with E-state index in [4.69, 9.17) is 4.74 Å². The van der Waals surface area contributed by atoms with Crippen LogP contribution in [0, 0.1) is 5.92 Å². The molecule has 1 saturated heterocycles. The van der Waals surface area contributed by atoms with E-state index < -0.39 is 5.60 Å². The van der Waals surface area contributed by atoms with Gasteiger partial charge in [0.2, 0.25) is 5.91 Å². The molecule has 0 spiro atoms. The number of para-hydroxylation sites is 1. The monoisotopic (exact) mass is 399 g/mol. The van der Waals surface area contributed by atoms with E-state index in [1.54, 1.807) is 17.0 Å². The van der Waals surface area contributed by atoms with Gasteiger partial charge in [0.25, 0.3) is 5.56 Å². The third-order valence-corrected chi connectivity index (χ3v) is 4.98. The lowest BCUT2D eigenvalue weighted by molar-refractivity contribution is -0.162. The Morgan fingerprint density at radius 3 is 2.79 bits per heavy atom. The Kier molecular flexibility index (Phi) is 6.35. The maximum atomic E-state index is 12.6. The molecule has 1 N–H and O–H groups in total. The molecule has 2 aromatic rings. The number of fused-ring (bicyclic) bond motifs is 1. The molecule has 1 aromatic carbocycles. The SMILES string of the molecule is CC(C)(C)OC(=O)[C@H]1CCCN(C(=O)CCCc2nc3ccccc3c(=O)[nH]2)C1. The lowest BCUT2D eigenvalue weighted by Gasteiger charge is -2.33. The molecule has 29 heavy (non-hydrogen) atoms. The highest BCUT2D eigenvalue weighted by Gasteiger charge is 2.31. The number of esters is 1. The molecule has 7 nitrogen and oxygen atoms in total. The van der Waals surface area contributed by atoms with Gasteiger partial charge in [-0.15, -0.1) is 0 Å². The number of benzene rings is 1. The number of aromatic amines is 1. The van der Waals surface area contributed by atoms with Crippen LogP contribution in [-0.4, -0.2) is 45.4 Å². The first-order chi connectivity index (χ1) is 13.7. The minimum atomic E-state index is -0.521. The Bertz CT molecular complexity index is 945. The second-order valence-electron chi connectivity index (χ2n) is 8.60. The van der Waals surface area contributed by atoms with Crippen LogP contribution in [0.1, 0.15) is 52.3 Å². The Morgan fingerprint density at radius 2 is 2.03 bits per heavy atom. The molecule has 0 radical (unpaired) electrons. The van der Waals surface area contributed by atoms with Crippen molar-refractivity contribution in [3.05, 3.63) is 40.4 Å². The van der Waals surface area contributed by atoms with Crippen molar-refractivity contribution in [2.75, 3.05) is 13.1 Å². The van der Waals surface area contributed by atoms with Crippen molar-refractivity contribution in [2.45, 2.75) is 58.5 Å². The molecular weight excluding hydrogens is 370 g/mol. The number of nitrogens with zero attached hydrogens (tertiary/aromatic N) is 2. The van der Waals surface area contributed by atoms with Gasteiger partial charge in [0.15, 0.2) is 0 Å². The van der Waals surface area contributed by atoms with E-state index in [1.165, 1.54) is 0 Å². The highest BCUT2D eigenvalue weighted by atomic mass is 16.6. The second-order valence-corrected chi connectivity index (χ2v) is 8.60. The van der Waals surface area contributed by atoms with Gasteiger partial charge in [-0.3, -0.25) is 14.4 Å². The van der Waals surface area contributed by atoms with Gasteiger partial charge in [0.1, 0.15) is 11.4 Å². The fraction of sp³-hybridized carbons (Fsp3) is 0.545. The minimum absolute atomic E-state index is 0.0291. The average molecular weight is 399 g/mol. The van der Waals surface area contributed by atoms with E-state index in [2.05, 4.69) is 9.97 Å². The number of ether oxygens (including phenoxy) is 1. The largest absolute Gasteiger partial charge is 0.460 e. The number of carbonyl (C=O) groups excluding carboxylic acids is 2. The Labute approximate surface area is 170 Å². The number of hydrogen-bond donors (Lipinski definition) is 1. The second kappa shape index (κ2) is 8.76. The number of aryl methyl sites for hydroxylation is 1. The molecule has 156 valence electrons. The summed E-state index contributed by atoms with van der Waals surface area (Å²) in [6, 6.07) is 7.20. The van der Waals surface area contributed by atoms with Gasteiger partial charge in [0.05, 0.1) is 16.8 Å². The summed E-state index contributed by atoms with van der Waals surface area (Å²) in [7, 11) is 0. The lowest BCUT2D eigenvalue weighted by atomic mass is 9.97. The molecule has 0 aliphatic carbocycles. The number of nitrogens with one attached hydrogen (secondary N) is 1. The summed E-state index contributed by atoms with van der Waals surface area (Å²) in [4.78, 5) is 46.1. The first-order valence-corrected chi connectivity index (χ1v) is 10.2. The lowest BCUT2D eigenvalue weighted by Crippen LogP contribution is -2.44. The summed E-state index contributed by atoms with van der Waals surface area (Å²) < 4.78 is 5.47. The van der Waals surface area contributed by atoms with Crippen molar-refractivity contribution in [1.82, 2.24) is 14.9 Å². The zero-order valence-electron chi connectivity index (χ0n) is 17.4. The predicted molar refractivity (Wildman–Crippen MR) is 110 cm³/mol. The quantitative estimate of drug-likeness (QED) is 0.781. The van der Waals surface area contributed by atoms with E-state index in [9.17, 15) is 14.4 Å². The third-order valence-electron chi connectivity index (χ3n) is 4.98. The number of amides is 1. The average Bonchev–Trinajstić information content (AvgIpc) is 2.67. The Hall–Kier alpha value is -2.70. The first kappa shape index (κ1) is 21.0. The third kappa shape index (κ3) is 5.65. The van der Waals surface area contributed by atoms with Crippen LogP contribution in [0.5, 0.6) is 0 Å². The standard InChI is InChI=1S/C22H29N3O4/c1-22(2,3)29-21(28)15-8-7-13-25(14-15)19(26)12-6-11-18-23-17-10-5-4-9-16(17)20(27)24-18/h4-5,9-10,15H,6-8,11-14H2,1-3H3,(H,23,24,27)/t15-/m0/s1. The summed E-state index contributed by atoms with van der Waals surface area (Å²) in [5.74, 6) is 0.131. The molecule has 0 unspecified atom stereocenters. The molecule has 1 amide bonds. The summed E-state index contributed by atoms with van der Waals surface area (Å²) in [6.07, 6.45) is 3.02. The van der Waals surface area contributed by atoms with Crippen LogP contribution < -0.4 is 5.56 Å². The molecule has 0 saturated carbocycles. The maximum absolute atomic E-state index is 12.6. The van der Waals surface area contributed by atoms with Crippen molar-refractivity contribution in [3.63, 3.8) is 0 Å². The smallest absolute Gasteiger partial charge is 0.311 e. The molecule has 1 fully saturated rings. The van der Waals surface area contributed by atoms with Gasteiger partial charge < -0.3 is 14.6 Å². The Morgan fingerprint density at radius 1 is 1.28 bits per heavy atom. The fourth-order valence-corrected chi connectivity index (χ4v) is 3.60. The van der Waals surface area contributed by atoms with Crippen molar-refractivity contribution in [1.29, 1.82) is 0 Å². The predicted octanol–water partition coefficient (Wildman–Crippen LogP) is 2.83. The first-order valence-electron chi connectivity index (χ1n) is 10.2. The van der Waals surface area contributed by atoms with Gasteiger partial charge in [0, 0.05) is 25.9 Å². The van der Waals surface area contributed by atoms with Crippen LogP contribution in [0.2, 0.25) is 0 Å². The molecular formula is C22H29N3O4.